The monoisotopic (exact) mass is 426 g/mol. The normalized spacial score (nSPS) is 15.5. The minimum absolute atomic E-state index is 0.339. The van der Waals surface area contributed by atoms with Crippen LogP contribution in [-0.2, 0) is 10.0 Å². The van der Waals surface area contributed by atoms with Crippen LogP contribution in [0.2, 0.25) is 0 Å². The van der Waals surface area contributed by atoms with Gasteiger partial charge in [-0.05, 0) is 57.5 Å². The summed E-state index contributed by atoms with van der Waals surface area (Å²) in [4.78, 5) is 2.40. The Labute approximate surface area is 177 Å². The minimum Gasteiger partial charge on any atom is -0.352 e. The molecule has 3 aromatic rings. The zero-order valence-electron chi connectivity index (χ0n) is 17.7. The standard InChI is InChI=1S/C21H26N6O2S/c1-15-5-7-19(8-6-15)30(28,29)26-13-11-25(12-14-26)20-9-10-21(23-22-20)27-18(4)16(2)17(3)24-27/h5-10H,11-14H2,1-4H3. The van der Waals surface area contributed by atoms with Crippen LogP contribution in [0.15, 0.2) is 41.3 Å². The number of rotatable bonds is 4. The first kappa shape index (κ1) is 20.5. The Morgan fingerprint density at radius 2 is 1.40 bits per heavy atom. The smallest absolute Gasteiger partial charge is 0.243 e. The topological polar surface area (TPSA) is 84.2 Å². The lowest BCUT2D eigenvalue weighted by Crippen LogP contribution is -2.49. The van der Waals surface area contributed by atoms with Crippen molar-refractivity contribution in [1.29, 1.82) is 0 Å². The van der Waals surface area contributed by atoms with Crippen molar-refractivity contribution in [2.75, 3.05) is 31.1 Å². The molecule has 1 aliphatic rings. The SMILES string of the molecule is Cc1ccc(S(=O)(=O)N2CCN(c3ccc(-n4nc(C)c(C)c4C)nn3)CC2)cc1. The highest BCUT2D eigenvalue weighted by atomic mass is 32.2. The van der Waals surface area contributed by atoms with Gasteiger partial charge in [0, 0.05) is 31.9 Å². The molecule has 0 amide bonds. The molecule has 0 spiro atoms. The van der Waals surface area contributed by atoms with Gasteiger partial charge in [-0.1, -0.05) is 17.7 Å². The third-order valence-electron chi connectivity index (χ3n) is 5.73. The molecule has 3 heterocycles. The molecule has 8 nitrogen and oxygen atoms in total. The van der Waals surface area contributed by atoms with E-state index in [1.807, 2.05) is 52.0 Å². The third-order valence-corrected chi connectivity index (χ3v) is 7.64. The van der Waals surface area contributed by atoms with Gasteiger partial charge < -0.3 is 4.90 Å². The van der Waals surface area contributed by atoms with Crippen molar-refractivity contribution in [3.8, 4) is 5.82 Å². The van der Waals surface area contributed by atoms with Gasteiger partial charge in [0.15, 0.2) is 11.6 Å². The number of aromatic nitrogens is 4. The van der Waals surface area contributed by atoms with E-state index in [1.54, 1.807) is 16.8 Å². The number of hydrogen-bond donors (Lipinski definition) is 0. The first-order valence-corrected chi connectivity index (χ1v) is 11.4. The molecule has 1 fully saturated rings. The average Bonchev–Trinajstić information content (AvgIpc) is 3.01. The van der Waals surface area contributed by atoms with E-state index < -0.39 is 10.0 Å². The zero-order valence-corrected chi connectivity index (χ0v) is 18.5. The van der Waals surface area contributed by atoms with Gasteiger partial charge in [-0.15, -0.1) is 10.2 Å². The van der Waals surface area contributed by atoms with Crippen molar-refractivity contribution < 1.29 is 8.42 Å². The second-order valence-electron chi connectivity index (χ2n) is 7.66. The third kappa shape index (κ3) is 3.70. The van der Waals surface area contributed by atoms with E-state index in [-0.39, 0.29) is 0 Å². The minimum atomic E-state index is -3.47. The van der Waals surface area contributed by atoms with Gasteiger partial charge in [0.1, 0.15) is 0 Å². The number of piperazine rings is 1. The molecule has 0 saturated carbocycles. The number of hydrogen-bond acceptors (Lipinski definition) is 6. The van der Waals surface area contributed by atoms with E-state index in [9.17, 15) is 8.42 Å². The highest BCUT2D eigenvalue weighted by molar-refractivity contribution is 7.89. The number of aryl methyl sites for hydroxylation is 2. The Bertz CT molecular complexity index is 1150. The quantitative estimate of drug-likeness (QED) is 0.637. The van der Waals surface area contributed by atoms with Crippen LogP contribution < -0.4 is 4.90 Å². The van der Waals surface area contributed by atoms with Crippen LogP contribution in [0, 0.1) is 27.7 Å². The number of sulfonamides is 1. The summed E-state index contributed by atoms with van der Waals surface area (Å²) in [5.74, 6) is 1.41. The molecular weight excluding hydrogens is 400 g/mol. The van der Waals surface area contributed by atoms with Gasteiger partial charge in [-0.2, -0.15) is 9.40 Å². The van der Waals surface area contributed by atoms with Gasteiger partial charge in [0.25, 0.3) is 0 Å². The van der Waals surface area contributed by atoms with Gasteiger partial charge in [-0.3, -0.25) is 0 Å². The first-order valence-electron chi connectivity index (χ1n) is 9.96. The fraction of sp³-hybridized carbons (Fsp3) is 0.381. The van der Waals surface area contributed by atoms with Crippen LogP contribution in [0.4, 0.5) is 5.82 Å². The molecule has 4 rings (SSSR count). The van der Waals surface area contributed by atoms with Crippen molar-refractivity contribution in [2.45, 2.75) is 32.6 Å². The lowest BCUT2D eigenvalue weighted by Gasteiger charge is -2.34. The Morgan fingerprint density at radius 3 is 1.93 bits per heavy atom. The van der Waals surface area contributed by atoms with Crippen molar-refractivity contribution in [3.63, 3.8) is 0 Å². The average molecular weight is 427 g/mol. The molecule has 1 aromatic carbocycles. The highest BCUT2D eigenvalue weighted by Crippen LogP contribution is 2.21. The summed E-state index contributed by atoms with van der Waals surface area (Å²) in [6.07, 6.45) is 0. The summed E-state index contributed by atoms with van der Waals surface area (Å²) in [6, 6.07) is 10.8. The van der Waals surface area contributed by atoms with Crippen LogP contribution in [0.5, 0.6) is 0 Å². The predicted molar refractivity (Wildman–Crippen MR) is 116 cm³/mol. The molecule has 1 aliphatic heterocycles. The maximum atomic E-state index is 12.9. The molecule has 2 aromatic heterocycles. The Hall–Kier alpha value is -2.78. The molecule has 0 N–H and O–H groups in total. The van der Waals surface area contributed by atoms with Gasteiger partial charge in [0.2, 0.25) is 10.0 Å². The molecule has 1 saturated heterocycles. The van der Waals surface area contributed by atoms with Crippen molar-refractivity contribution >= 4 is 15.8 Å². The van der Waals surface area contributed by atoms with E-state index in [1.165, 1.54) is 4.31 Å². The maximum Gasteiger partial charge on any atom is 0.243 e. The van der Waals surface area contributed by atoms with Crippen LogP contribution >= 0.6 is 0 Å². The van der Waals surface area contributed by atoms with Gasteiger partial charge >= 0.3 is 0 Å². The van der Waals surface area contributed by atoms with Crippen molar-refractivity contribution in [2.24, 2.45) is 0 Å². The van der Waals surface area contributed by atoms with E-state index in [0.29, 0.717) is 36.9 Å². The molecule has 30 heavy (non-hydrogen) atoms. The summed E-state index contributed by atoms with van der Waals surface area (Å²) >= 11 is 0. The van der Waals surface area contributed by atoms with Gasteiger partial charge in [-0.25, -0.2) is 13.1 Å². The second-order valence-corrected chi connectivity index (χ2v) is 9.60. The fourth-order valence-corrected chi connectivity index (χ4v) is 4.98. The molecule has 9 heteroatoms. The highest BCUT2D eigenvalue weighted by Gasteiger charge is 2.29. The van der Waals surface area contributed by atoms with Crippen LogP contribution in [0.1, 0.15) is 22.5 Å². The summed E-state index contributed by atoms with van der Waals surface area (Å²) in [5, 5.41) is 13.2. The Kier molecular flexibility index (Phi) is 5.33. The molecule has 0 unspecified atom stereocenters. The molecule has 0 radical (unpaired) electrons. The molecule has 0 bridgehead atoms. The number of benzene rings is 1. The van der Waals surface area contributed by atoms with Crippen LogP contribution in [-0.4, -0.2) is 58.9 Å². The summed E-state index contributed by atoms with van der Waals surface area (Å²) in [6.45, 7) is 9.93. The lowest BCUT2D eigenvalue weighted by molar-refractivity contribution is 0.383. The van der Waals surface area contributed by atoms with E-state index in [4.69, 9.17) is 0 Å². The summed E-state index contributed by atoms with van der Waals surface area (Å²) in [5.41, 5.74) is 4.21. The fourth-order valence-electron chi connectivity index (χ4n) is 3.56. The molecule has 158 valence electrons. The maximum absolute atomic E-state index is 12.9. The number of nitrogens with zero attached hydrogens (tertiary/aromatic N) is 6. The molecular formula is C21H26N6O2S. The van der Waals surface area contributed by atoms with Crippen LogP contribution in [0.3, 0.4) is 0 Å². The summed E-state index contributed by atoms with van der Waals surface area (Å²) < 4.78 is 29.1. The van der Waals surface area contributed by atoms with E-state index in [0.717, 1.165) is 28.3 Å². The Balaban J connectivity index is 1.45. The van der Waals surface area contributed by atoms with Crippen molar-refractivity contribution in [3.05, 3.63) is 58.9 Å². The van der Waals surface area contributed by atoms with Gasteiger partial charge in [0.05, 0.1) is 10.6 Å². The van der Waals surface area contributed by atoms with E-state index in [2.05, 4.69) is 20.2 Å². The second kappa shape index (κ2) is 7.81. The lowest BCUT2D eigenvalue weighted by atomic mass is 10.2. The number of anilines is 1. The summed E-state index contributed by atoms with van der Waals surface area (Å²) in [7, 11) is -3.47. The first-order chi connectivity index (χ1) is 14.3. The largest absolute Gasteiger partial charge is 0.352 e. The Morgan fingerprint density at radius 1 is 0.800 bits per heavy atom. The zero-order chi connectivity index (χ0) is 21.5. The predicted octanol–water partition coefficient (Wildman–Crippen LogP) is 2.41. The molecule has 0 aliphatic carbocycles. The van der Waals surface area contributed by atoms with E-state index >= 15 is 0 Å². The van der Waals surface area contributed by atoms with Crippen LogP contribution in [0.25, 0.3) is 5.82 Å². The molecule has 0 atom stereocenters. The van der Waals surface area contributed by atoms with Crippen molar-refractivity contribution in [1.82, 2.24) is 24.3 Å².